The van der Waals surface area contributed by atoms with Crippen molar-refractivity contribution in [1.82, 2.24) is 20.1 Å². The van der Waals surface area contributed by atoms with Crippen molar-refractivity contribution in [2.45, 2.75) is 44.9 Å². The summed E-state index contributed by atoms with van der Waals surface area (Å²) >= 11 is 7.41. The SMILES string of the molecule is CCn1c(SCC(=O)Nc2cccc(Cl)c2C)nnc1[C@H](C)NC(=O)Cc1ccc(OC)cc1. The van der Waals surface area contributed by atoms with Crippen molar-refractivity contribution in [3.8, 4) is 5.75 Å². The van der Waals surface area contributed by atoms with Crippen LogP contribution in [-0.2, 0) is 22.6 Å². The van der Waals surface area contributed by atoms with E-state index >= 15 is 0 Å². The molecule has 3 rings (SSSR count). The van der Waals surface area contributed by atoms with Crippen molar-refractivity contribution in [2.75, 3.05) is 18.2 Å². The van der Waals surface area contributed by atoms with Crippen molar-refractivity contribution in [3.63, 3.8) is 0 Å². The maximum absolute atomic E-state index is 12.5. The average Bonchev–Trinajstić information content (AvgIpc) is 3.24. The Balaban J connectivity index is 1.58. The van der Waals surface area contributed by atoms with E-state index < -0.39 is 0 Å². The minimum Gasteiger partial charge on any atom is -0.497 e. The molecule has 0 radical (unpaired) electrons. The minimum absolute atomic E-state index is 0.117. The summed E-state index contributed by atoms with van der Waals surface area (Å²) in [5.41, 5.74) is 2.39. The molecule has 2 amide bonds. The molecule has 0 unspecified atom stereocenters. The first kappa shape index (κ1) is 25.6. The molecule has 10 heteroatoms. The predicted octanol–water partition coefficient (Wildman–Crippen LogP) is 4.42. The van der Waals surface area contributed by atoms with Crippen molar-refractivity contribution in [1.29, 1.82) is 0 Å². The number of carbonyl (C=O) groups excluding carboxylic acids is 2. The number of thioether (sulfide) groups is 1. The van der Waals surface area contributed by atoms with Gasteiger partial charge in [-0.15, -0.1) is 10.2 Å². The van der Waals surface area contributed by atoms with Gasteiger partial charge in [0.2, 0.25) is 11.8 Å². The molecule has 8 nitrogen and oxygen atoms in total. The molecule has 2 N–H and O–H groups in total. The lowest BCUT2D eigenvalue weighted by molar-refractivity contribution is -0.121. The Kier molecular flexibility index (Phi) is 8.95. The van der Waals surface area contributed by atoms with Crippen LogP contribution in [0.4, 0.5) is 5.69 Å². The van der Waals surface area contributed by atoms with E-state index in [1.165, 1.54) is 11.8 Å². The third-order valence-electron chi connectivity index (χ3n) is 5.22. The second-order valence-electron chi connectivity index (χ2n) is 7.65. The third kappa shape index (κ3) is 6.51. The number of amides is 2. The lowest BCUT2D eigenvalue weighted by atomic mass is 10.1. The van der Waals surface area contributed by atoms with Crippen LogP contribution in [0.1, 0.15) is 36.8 Å². The Labute approximate surface area is 208 Å². The summed E-state index contributed by atoms with van der Waals surface area (Å²) in [6, 6.07) is 12.4. The zero-order valence-corrected chi connectivity index (χ0v) is 21.2. The number of rotatable bonds is 10. The molecule has 0 spiro atoms. The zero-order chi connectivity index (χ0) is 24.7. The third-order valence-corrected chi connectivity index (χ3v) is 6.60. The summed E-state index contributed by atoms with van der Waals surface area (Å²) in [6.07, 6.45) is 0.249. The first-order valence-corrected chi connectivity index (χ1v) is 12.2. The largest absolute Gasteiger partial charge is 0.497 e. The molecule has 34 heavy (non-hydrogen) atoms. The lowest BCUT2D eigenvalue weighted by Gasteiger charge is -2.15. The number of nitrogens with zero attached hydrogens (tertiary/aromatic N) is 3. The topological polar surface area (TPSA) is 98.1 Å². The Morgan fingerprint density at radius 2 is 1.88 bits per heavy atom. The van der Waals surface area contributed by atoms with E-state index in [0.717, 1.165) is 16.9 Å². The first-order chi connectivity index (χ1) is 16.3. The van der Waals surface area contributed by atoms with Gasteiger partial charge in [0.15, 0.2) is 11.0 Å². The van der Waals surface area contributed by atoms with Crippen LogP contribution in [0.5, 0.6) is 5.75 Å². The monoisotopic (exact) mass is 501 g/mol. The number of benzene rings is 2. The summed E-state index contributed by atoms with van der Waals surface area (Å²) in [5.74, 6) is 1.27. The molecule has 0 aliphatic carbocycles. The summed E-state index contributed by atoms with van der Waals surface area (Å²) < 4.78 is 7.05. The number of anilines is 1. The van der Waals surface area contributed by atoms with E-state index in [4.69, 9.17) is 16.3 Å². The van der Waals surface area contributed by atoms with Crippen LogP contribution < -0.4 is 15.4 Å². The molecule has 0 saturated heterocycles. The molecule has 0 saturated carbocycles. The molecule has 2 aromatic carbocycles. The Morgan fingerprint density at radius 3 is 2.56 bits per heavy atom. The van der Waals surface area contributed by atoms with Crippen LogP contribution in [-0.4, -0.2) is 39.4 Å². The van der Waals surface area contributed by atoms with Crippen molar-refractivity contribution < 1.29 is 14.3 Å². The maximum Gasteiger partial charge on any atom is 0.234 e. The summed E-state index contributed by atoms with van der Waals surface area (Å²) in [7, 11) is 1.60. The quantitative estimate of drug-likeness (QED) is 0.399. The van der Waals surface area contributed by atoms with Gasteiger partial charge in [0, 0.05) is 17.3 Å². The second kappa shape index (κ2) is 11.9. The van der Waals surface area contributed by atoms with Gasteiger partial charge in [0.1, 0.15) is 5.75 Å². The highest BCUT2D eigenvalue weighted by Crippen LogP contribution is 2.24. The number of ether oxygens (including phenoxy) is 1. The predicted molar refractivity (Wildman–Crippen MR) is 134 cm³/mol. The smallest absolute Gasteiger partial charge is 0.234 e. The molecular weight excluding hydrogens is 474 g/mol. The normalized spacial score (nSPS) is 11.7. The minimum atomic E-state index is -0.338. The van der Waals surface area contributed by atoms with E-state index in [2.05, 4.69) is 20.8 Å². The fourth-order valence-corrected chi connectivity index (χ4v) is 4.35. The van der Waals surface area contributed by atoms with Gasteiger partial charge in [-0.3, -0.25) is 9.59 Å². The highest BCUT2D eigenvalue weighted by molar-refractivity contribution is 7.99. The van der Waals surface area contributed by atoms with E-state index in [0.29, 0.717) is 28.2 Å². The van der Waals surface area contributed by atoms with Crippen LogP contribution in [0.2, 0.25) is 5.02 Å². The van der Waals surface area contributed by atoms with Crippen LogP contribution in [0, 0.1) is 6.92 Å². The number of nitrogens with one attached hydrogen (secondary N) is 2. The Morgan fingerprint density at radius 1 is 1.15 bits per heavy atom. The molecule has 0 bridgehead atoms. The van der Waals surface area contributed by atoms with Crippen LogP contribution in [0.25, 0.3) is 0 Å². The molecular formula is C24H28ClN5O3S. The molecule has 1 heterocycles. The molecule has 1 atom stereocenters. The van der Waals surface area contributed by atoms with Crippen LogP contribution in [0.15, 0.2) is 47.6 Å². The van der Waals surface area contributed by atoms with Gasteiger partial charge in [0.25, 0.3) is 0 Å². The fourth-order valence-electron chi connectivity index (χ4n) is 3.37. The summed E-state index contributed by atoms with van der Waals surface area (Å²) in [4.78, 5) is 25.0. The number of hydrogen-bond donors (Lipinski definition) is 2. The highest BCUT2D eigenvalue weighted by atomic mass is 35.5. The molecule has 1 aromatic heterocycles. The van der Waals surface area contributed by atoms with E-state index in [1.54, 1.807) is 19.2 Å². The molecule has 0 fully saturated rings. The highest BCUT2D eigenvalue weighted by Gasteiger charge is 2.20. The van der Waals surface area contributed by atoms with Gasteiger partial charge in [-0.25, -0.2) is 0 Å². The van der Waals surface area contributed by atoms with Crippen molar-refractivity contribution >= 4 is 40.9 Å². The van der Waals surface area contributed by atoms with Gasteiger partial charge in [-0.05, 0) is 56.2 Å². The summed E-state index contributed by atoms with van der Waals surface area (Å²) in [5, 5.41) is 15.6. The second-order valence-corrected chi connectivity index (χ2v) is 9.00. The van der Waals surface area contributed by atoms with Crippen molar-refractivity contribution in [3.05, 3.63) is 64.4 Å². The van der Waals surface area contributed by atoms with Crippen LogP contribution >= 0.6 is 23.4 Å². The van der Waals surface area contributed by atoms with Gasteiger partial charge >= 0.3 is 0 Å². The van der Waals surface area contributed by atoms with Gasteiger partial charge in [-0.1, -0.05) is 41.6 Å². The Bertz CT molecular complexity index is 1150. The van der Waals surface area contributed by atoms with E-state index in [1.807, 2.05) is 55.7 Å². The lowest BCUT2D eigenvalue weighted by Crippen LogP contribution is -2.30. The van der Waals surface area contributed by atoms with E-state index in [-0.39, 0.29) is 30.0 Å². The fraction of sp³-hybridized carbons (Fsp3) is 0.333. The van der Waals surface area contributed by atoms with Gasteiger partial charge < -0.3 is 19.9 Å². The van der Waals surface area contributed by atoms with Crippen LogP contribution in [0.3, 0.4) is 0 Å². The number of halogens is 1. The molecule has 0 aliphatic rings. The number of methoxy groups -OCH3 is 1. The zero-order valence-electron chi connectivity index (χ0n) is 19.6. The number of carbonyl (C=O) groups is 2. The molecule has 180 valence electrons. The van der Waals surface area contributed by atoms with E-state index in [9.17, 15) is 9.59 Å². The molecule has 0 aliphatic heterocycles. The number of aromatic nitrogens is 3. The standard InChI is InChI=1S/C24H28ClN5O3S/c1-5-30-23(16(3)26-21(31)13-17-9-11-18(33-4)12-10-17)28-29-24(30)34-14-22(32)27-20-8-6-7-19(25)15(20)2/h6-12,16H,5,13-14H2,1-4H3,(H,26,31)(H,27,32)/t16-/m0/s1. The molecule has 3 aromatic rings. The summed E-state index contributed by atoms with van der Waals surface area (Å²) in [6.45, 7) is 6.30. The van der Waals surface area contributed by atoms with Gasteiger partial charge in [-0.2, -0.15) is 0 Å². The number of hydrogen-bond acceptors (Lipinski definition) is 6. The maximum atomic E-state index is 12.5. The van der Waals surface area contributed by atoms with Crippen molar-refractivity contribution in [2.24, 2.45) is 0 Å². The van der Waals surface area contributed by atoms with Gasteiger partial charge in [0.05, 0.1) is 25.3 Å². The average molecular weight is 502 g/mol. The Hall–Kier alpha value is -3.04. The first-order valence-electron chi connectivity index (χ1n) is 10.9.